The first-order valence-corrected chi connectivity index (χ1v) is 14.5. The highest BCUT2D eigenvalue weighted by Crippen LogP contribution is 2.57. The third kappa shape index (κ3) is 4.51. The van der Waals surface area contributed by atoms with Gasteiger partial charge in [-0.25, -0.2) is 23.2 Å². The number of urea groups is 1. The van der Waals surface area contributed by atoms with Gasteiger partial charge >= 0.3 is 6.03 Å². The number of ether oxygens (including phenoxy) is 1. The van der Waals surface area contributed by atoms with Crippen LogP contribution in [0.3, 0.4) is 0 Å². The van der Waals surface area contributed by atoms with Crippen LogP contribution in [0, 0.1) is 6.92 Å². The van der Waals surface area contributed by atoms with Crippen LogP contribution in [0.15, 0.2) is 36.5 Å². The van der Waals surface area contributed by atoms with Gasteiger partial charge in [0.05, 0.1) is 30.2 Å². The summed E-state index contributed by atoms with van der Waals surface area (Å²) in [5.74, 6) is 1.65. The van der Waals surface area contributed by atoms with Crippen molar-refractivity contribution < 1.29 is 17.9 Å². The molecule has 3 fully saturated rings. The maximum atomic E-state index is 13.4. The lowest BCUT2D eigenvalue weighted by Gasteiger charge is -2.34. The molecule has 6 rings (SSSR count). The topological polar surface area (TPSA) is 142 Å². The molecule has 0 bridgehead atoms. The molecule has 12 heteroatoms. The second-order valence-corrected chi connectivity index (χ2v) is 12.9. The molecule has 0 spiro atoms. The van der Waals surface area contributed by atoms with E-state index in [4.69, 9.17) is 14.7 Å². The van der Waals surface area contributed by atoms with Gasteiger partial charge in [-0.3, -0.25) is 10.4 Å². The summed E-state index contributed by atoms with van der Waals surface area (Å²) in [6.45, 7) is 5.76. The molecule has 38 heavy (non-hydrogen) atoms. The van der Waals surface area contributed by atoms with Crippen LogP contribution in [0.4, 0.5) is 22.1 Å². The summed E-state index contributed by atoms with van der Waals surface area (Å²) in [4.78, 5) is 24.2. The number of rotatable bonds is 7. The molecule has 2 amide bonds. The molecule has 1 aromatic carbocycles. The molecule has 2 aliphatic carbocycles. The number of nitrogens with one attached hydrogen (secondary N) is 3. The van der Waals surface area contributed by atoms with Gasteiger partial charge in [-0.15, -0.1) is 0 Å². The Morgan fingerprint density at radius 3 is 2.55 bits per heavy atom. The molecule has 2 aromatic heterocycles. The van der Waals surface area contributed by atoms with Gasteiger partial charge < -0.3 is 15.0 Å². The van der Waals surface area contributed by atoms with E-state index in [1.54, 1.807) is 18.3 Å². The predicted octanol–water partition coefficient (Wildman–Crippen LogP) is 3.61. The number of carbonyl (C=O) groups is 1. The SMILES string of the molecule is Cc1c[nH]nc1NC(=O)Nc1ccc(-c2nc(N3CCOC[C@@H]3C)cc(C3(S(=O)(=O)C4CC4)CC3)n2)cc1. The third-order valence-electron chi connectivity index (χ3n) is 7.52. The number of amides is 2. The van der Waals surface area contributed by atoms with Crippen LogP contribution in [-0.4, -0.2) is 65.7 Å². The number of hydrogen-bond donors (Lipinski definition) is 3. The fraction of sp³-hybridized carbons (Fsp3) is 0.462. The van der Waals surface area contributed by atoms with Gasteiger partial charge in [0, 0.05) is 35.6 Å². The second kappa shape index (κ2) is 9.35. The lowest BCUT2D eigenvalue weighted by Crippen LogP contribution is -2.44. The van der Waals surface area contributed by atoms with Crippen LogP contribution in [0.2, 0.25) is 0 Å². The number of morpholine rings is 1. The Morgan fingerprint density at radius 1 is 1.16 bits per heavy atom. The van der Waals surface area contributed by atoms with Gasteiger partial charge in [0.1, 0.15) is 10.6 Å². The lowest BCUT2D eigenvalue weighted by molar-refractivity contribution is 0.0985. The van der Waals surface area contributed by atoms with E-state index in [0.29, 0.717) is 61.4 Å². The van der Waals surface area contributed by atoms with Crippen LogP contribution in [-0.2, 0) is 19.3 Å². The molecule has 1 saturated heterocycles. The summed E-state index contributed by atoms with van der Waals surface area (Å²) < 4.78 is 31.5. The Morgan fingerprint density at radius 2 is 1.92 bits per heavy atom. The Kier molecular flexibility index (Phi) is 6.10. The van der Waals surface area contributed by atoms with Crippen LogP contribution in [0.5, 0.6) is 0 Å². The molecular weight excluding hydrogens is 506 g/mol. The van der Waals surface area contributed by atoms with E-state index in [9.17, 15) is 13.2 Å². The zero-order valence-corrected chi connectivity index (χ0v) is 22.2. The van der Waals surface area contributed by atoms with E-state index in [1.165, 1.54) is 0 Å². The number of benzene rings is 1. The molecule has 11 nitrogen and oxygen atoms in total. The normalized spacial score (nSPS) is 20.7. The molecule has 0 radical (unpaired) electrons. The first-order valence-electron chi connectivity index (χ1n) is 12.9. The van der Waals surface area contributed by atoms with Crippen molar-refractivity contribution in [3.8, 4) is 11.4 Å². The molecule has 3 aromatic rings. The fourth-order valence-corrected chi connectivity index (χ4v) is 7.42. The minimum absolute atomic E-state index is 0.109. The Bertz CT molecular complexity index is 1460. The van der Waals surface area contributed by atoms with Crippen molar-refractivity contribution in [1.82, 2.24) is 20.2 Å². The van der Waals surface area contributed by atoms with Crippen molar-refractivity contribution in [2.45, 2.75) is 55.6 Å². The number of sulfone groups is 1. The quantitative estimate of drug-likeness (QED) is 0.415. The van der Waals surface area contributed by atoms with E-state index < -0.39 is 20.6 Å². The van der Waals surface area contributed by atoms with Crippen LogP contribution in [0.25, 0.3) is 11.4 Å². The van der Waals surface area contributed by atoms with Crippen molar-refractivity contribution in [2.24, 2.45) is 0 Å². The minimum Gasteiger partial charge on any atom is -0.377 e. The summed E-state index contributed by atoms with van der Waals surface area (Å²) in [6.07, 6.45) is 4.35. The van der Waals surface area contributed by atoms with Gasteiger partial charge in [-0.2, -0.15) is 5.10 Å². The average Bonchev–Trinajstić information content (AvgIpc) is 3.83. The number of carbonyl (C=O) groups excluding carboxylic acids is 1. The van der Waals surface area contributed by atoms with Crippen LogP contribution >= 0.6 is 0 Å². The maximum absolute atomic E-state index is 13.4. The van der Waals surface area contributed by atoms with Crippen molar-refractivity contribution in [1.29, 1.82) is 0 Å². The van der Waals surface area contributed by atoms with Crippen molar-refractivity contribution >= 4 is 33.2 Å². The summed E-state index contributed by atoms with van der Waals surface area (Å²) in [5.41, 5.74) is 2.74. The third-order valence-corrected chi connectivity index (χ3v) is 10.6. The van der Waals surface area contributed by atoms with E-state index in [2.05, 4.69) is 32.7 Å². The fourth-order valence-electron chi connectivity index (χ4n) is 4.96. The summed E-state index contributed by atoms with van der Waals surface area (Å²) in [6, 6.07) is 8.77. The van der Waals surface area contributed by atoms with Crippen LogP contribution in [0.1, 0.15) is 43.9 Å². The number of anilines is 3. The van der Waals surface area contributed by atoms with Crippen LogP contribution < -0.4 is 15.5 Å². The lowest BCUT2D eigenvalue weighted by atomic mass is 10.1. The highest BCUT2D eigenvalue weighted by Gasteiger charge is 2.61. The molecule has 2 saturated carbocycles. The second-order valence-electron chi connectivity index (χ2n) is 10.4. The van der Waals surface area contributed by atoms with Gasteiger partial charge in [0.15, 0.2) is 21.5 Å². The van der Waals surface area contributed by atoms with Gasteiger partial charge in [-0.05, 0) is 63.8 Å². The Balaban J connectivity index is 1.30. The largest absolute Gasteiger partial charge is 0.377 e. The highest BCUT2D eigenvalue weighted by molar-refractivity contribution is 7.93. The summed E-state index contributed by atoms with van der Waals surface area (Å²) in [7, 11) is -3.31. The zero-order valence-electron chi connectivity index (χ0n) is 21.4. The predicted molar refractivity (Wildman–Crippen MR) is 144 cm³/mol. The molecule has 200 valence electrons. The Labute approximate surface area is 221 Å². The summed E-state index contributed by atoms with van der Waals surface area (Å²) >= 11 is 0. The average molecular weight is 538 g/mol. The van der Waals surface area contributed by atoms with Gasteiger partial charge in [0.25, 0.3) is 0 Å². The number of hydrogen-bond acceptors (Lipinski definition) is 8. The molecule has 1 aliphatic heterocycles. The first kappa shape index (κ1) is 24.8. The summed E-state index contributed by atoms with van der Waals surface area (Å²) in [5, 5.41) is 12.0. The maximum Gasteiger partial charge on any atom is 0.324 e. The standard InChI is InChI=1S/C26H31N7O4S/c1-16-14-27-32-23(16)31-25(34)28-19-5-3-18(4-6-19)24-29-21(26(9-10-26)38(35,36)20-7-8-20)13-22(30-24)33-11-12-37-15-17(33)2/h3-6,13-14,17,20H,7-12,15H2,1-2H3,(H3,27,28,31,32,34)/t17-/m0/s1. The van der Waals surface area contributed by atoms with E-state index in [1.807, 2.05) is 25.1 Å². The van der Waals surface area contributed by atoms with E-state index in [0.717, 1.165) is 24.0 Å². The number of H-pyrrole nitrogens is 1. The highest BCUT2D eigenvalue weighted by atomic mass is 32.2. The molecule has 1 atom stereocenters. The van der Waals surface area contributed by atoms with E-state index in [-0.39, 0.29) is 11.3 Å². The van der Waals surface area contributed by atoms with Crippen molar-refractivity contribution in [2.75, 3.05) is 35.3 Å². The molecule has 3 N–H and O–H groups in total. The minimum atomic E-state index is -3.31. The first-order chi connectivity index (χ1) is 18.3. The molecule has 3 heterocycles. The smallest absolute Gasteiger partial charge is 0.324 e. The Hall–Kier alpha value is -3.51. The number of nitrogens with zero attached hydrogens (tertiary/aromatic N) is 4. The van der Waals surface area contributed by atoms with Crippen molar-refractivity contribution in [3.63, 3.8) is 0 Å². The molecular formula is C26H31N7O4S. The number of aromatic amines is 1. The number of aryl methyl sites for hydroxylation is 1. The monoisotopic (exact) mass is 537 g/mol. The van der Waals surface area contributed by atoms with Gasteiger partial charge in [0.2, 0.25) is 0 Å². The molecule has 0 unspecified atom stereocenters. The number of aromatic nitrogens is 4. The van der Waals surface area contributed by atoms with Crippen molar-refractivity contribution in [3.05, 3.63) is 47.8 Å². The van der Waals surface area contributed by atoms with Gasteiger partial charge in [-0.1, -0.05) is 0 Å². The zero-order chi connectivity index (χ0) is 26.5. The molecule has 3 aliphatic rings. The van der Waals surface area contributed by atoms with E-state index >= 15 is 0 Å².